The van der Waals surface area contributed by atoms with Gasteiger partial charge in [-0.2, -0.15) is 11.8 Å². The molecule has 0 fully saturated rings. The molecular formula is C9H12FNOS2. The average molecular weight is 233 g/mol. The maximum Gasteiger partial charge on any atom is 0.124 e. The fourth-order valence-electron chi connectivity index (χ4n) is 0.974. The van der Waals surface area contributed by atoms with E-state index in [-0.39, 0.29) is 0 Å². The van der Waals surface area contributed by atoms with Crippen LogP contribution in [0, 0.1) is 5.82 Å². The van der Waals surface area contributed by atoms with E-state index in [4.69, 9.17) is 5.73 Å². The molecule has 0 aliphatic heterocycles. The summed E-state index contributed by atoms with van der Waals surface area (Å²) in [5.74, 6) is 0.892. The van der Waals surface area contributed by atoms with E-state index in [1.807, 2.05) is 6.26 Å². The van der Waals surface area contributed by atoms with Crippen LogP contribution in [0.2, 0.25) is 0 Å². The molecule has 0 amide bonds. The van der Waals surface area contributed by atoms with Gasteiger partial charge in [-0.15, -0.1) is 0 Å². The van der Waals surface area contributed by atoms with Crippen molar-refractivity contribution in [2.75, 3.05) is 23.5 Å². The fraction of sp³-hybridized carbons (Fsp3) is 0.333. The maximum absolute atomic E-state index is 12.8. The van der Waals surface area contributed by atoms with Crippen LogP contribution in [0.15, 0.2) is 23.1 Å². The Morgan fingerprint density at radius 3 is 2.93 bits per heavy atom. The number of rotatable bonds is 4. The molecule has 0 saturated heterocycles. The molecule has 0 heterocycles. The molecule has 1 aromatic rings. The van der Waals surface area contributed by atoms with Crippen LogP contribution in [0.5, 0.6) is 0 Å². The number of hydrogen-bond donors (Lipinski definition) is 1. The molecule has 5 heteroatoms. The van der Waals surface area contributed by atoms with Gasteiger partial charge in [0, 0.05) is 17.2 Å². The second-order valence-electron chi connectivity index (χ2n) is 2.72. The highest BCUT2D eigenvalue weighted by molar-refractivity contribution is 7.99. The Hall–Kier alpha value is -0.550. The van der Waals surface area contributed by atoms with E-state index >= 15 is 0 Å². The van der Waals surface area contributed by atoms with Crippen molar-refractivity contribution < 1.29 is 8.60 Å². The lowest BCUT2D eigenvalue weighted by molar-refractivity contribution is 0.623. The van der Waals surface area contributed by atoms with Gasteiger partial charge in [-0.1, -0.05) is 0 Å². The first-order valence-corrected chi connectivity index (χ1v) is 6.78. The Morgan fingerprint density at radius 2 is 2.29 bits per heavy atom. The SMILES string of the molecule is CSCCS(=O)c1cc(F)ccc1N. The molecule has 1 atom stereocenters. The normalized spacial score (nSPS) is 12.7. The molecule has 0 radical (unpaired) electrons. The van der Waals surface area contributed by atoms with E-state index in [0.29, 0.717) is 16.3 Å². The van der Waals surface area contributed by atoms with Gasteiger partial charge in [-0.05, 0) is 24.5 Å². The minimum absolute atomic E-state index is 0.394. The molecule has 0 aliphatic rings. The summed E-state index contributed by atoms with van der Waals surface area (Å²) in [5, 5.41) is 0. The van der Waals surface area contributed by atoms with Crippen LogP contribution >= 0.6 is 11.8 Å². The number of nitrogens with two attached hydrogens (primary N) is 1. The van der Waals surface area contributed by atoms with E-state index in [1.165, 1.54) is 18.2 Å². The summed E-state index contributed by atoms with van der Waals surface area (Å²) in [5.41, 5.74) is 5.99. The zero-order valence-electron chi connectivity index (χ0n) is 7.83. The van der Waals surface area contributed by atoms with Gasteiger partial charge in [0.1, 0.15) is 5.82 Å². The molecule has 1 aromatic carbocycles. The summed E-state index contributed by atoms with van der Waals surface area (Å²) >= 11 is 1.61. The third-order valence-electron chi connectivity index (χ3n) is 1.69. The molecule has 78 valence electrons. The van der Waals surface area contributed by atoms with Gasteiger partial charge in [-0.25, -0.2) is 4.39 Å². The summed E-state index contributed by atoms with van der Waals surface area (Å²) in [6.45, 7) is 0. The highest BCUT2D eigenvalue weighted by Gasteiger charge is 2.08. The summed E-state index contributed by atoms with van der Waals surface area (Å²) in [6, 6.07) is 3.96. The van der Waals surface area contributed by atoms with Crippen molar-refractivity contribution >= 4 is 28.2 Å². The Morgan fingerprint density at radius 1 is 1.57 bits per heavy atom. The predicted octanol–water partition coefficient (Wildman–Crippen LogP) is 1.88. The largest absolute Gasteiger partial charge is 0.398 e. The number of thioether (sulfide) groups is 1. The molecule has 2 N–H and O–H groups in total. The lowest BCUT2D eigenvalue weighted by Crippen LogP contribution is -2.04. The van der Waals surface area contributed by atoms with Gasteiger partial charge in [-0.3, -0.25) is 4.21 Å². The number of hydrogen-bond acceptors (Lipinski definition) is 3. The van der Waals surface area contributed by atoms with Crippen molar-refractivity contribution in [1.82, 2.24) is 0 Å². The summed E-state index contributed by atoms with van der Waals surface area (Å²) < 4.78 is 24.5. The Bertz CT molecular complexity index is 344. The predicted molar refractivity (Wildman–Crippen MR) is 60.5 cm³/mol. The van der Waals surface area contributed by atoms with E-state index in [0.717, 1.165) is 5.75 Å². The van der Waals surface area contributed by atoms with Crippen molar-refractivity contribution in [3.05, 3.63) is 24.0 Å². The highest BCUT2D eigenvalue weighted by atomic mass is 32.2. The molecule has 2 nitrogen and oxygen atoms in total. The molecule has 14 heavy (non-hydrogen) atoms. The zero-order valence-corrected chi connectivity index (χ0v) is 9.46. The second-order valence-corrected chi connectivity index (χ2v) is 5.25. The second kappa shape index (κ2) is 5.36. The van der Waals surface area contributed by atoms with Crippen LogP contribution in [0.4, 0.5) is 10.1 Å². The lowest BCUT2D eigenvalue weighted by atomic mass is 10.3. The molecule has 0 aromatic heterocycles. The van der Waals surface area contributed by atoms with Gasteiger partial charge in [0.05, 0.1) is 15.7 Å². The summed E-state index contributed by atoms with van der Waals surface area (Å²) in [6.07, 6.45) is 1.94. The number of benzene rings is 1. The van der Waals surface area contributed by atoms with Crippen molar-refractivity contribution in [2.45, 2.75) is 4.90 Å². The van der Waals surface area contributed by atoms with Crippen molar-refractivity contribution in [2.24, 2.45) is 0 Å². The minimum atomic E-state index is -1.19. The first-order valence-electron chi connectivity index (χ1n) is 4.07. The number of anilines is 1. The van der Waals surface area contributed by atoms with Crippen LogP contribution in [0.1, 0.15) is 0 Å². The van der Waals surface area contributed by atoms with E-state index in [2.05, 4.69) is 0 Å². The van der Waals surface area contributed by atoms with Crippen LogP contribution in [0.3, 0.4) is 0 Å². The first kappa shape index (κ1) is 11.5. The quantitative estimate of drug-likeness (QED) is 0.807. The Labute approximate surface area is 89.5 Å². The molecular weight excluding hydrogens is 221 g/mol. The van der Waals surface area contributed by atoms with Crippen molar-refractivity contribution in [3.63, 3.8) is 0 Å². The van der Waals surface area contributed by atoms with Gasteiger partial charge in [0.15, 0.2) is 0 Å². The van der Waals surface area contributed by atoms with E-state index in [1.54, 1.807) is 11.8 Å². The standard InChI is InChI=1S/C9H12FNOS2/c1-13-4-5-14(12)9-6-7(10)2-3-8(9)11/h2-3,6H,4-5,11H2,1H3. The average Bonchev–Trinajstić information content (AvgIpc) is 2.18. The van der Waals surface area contributed by atoms with Crippen LogP contribution in [-0.2, 0) is 10.8 Å². The zero-order chi connectivity index (χ0) is 10.6. The van der Waals surface area contributed by atoms with Gasteiger partial charge in [0.2, 0.25) is 0 Å². The van der Waals surface area contributed by atoms with Crippen molar-refractivity contribution in [1.29, 1.82) is 0 Å². The minimum Gasteiger partial charge on any atom is -0.398 e. The summed E-state index contributed by atoms with van der Waals surface area (Å²) in [4.78, 5) is 0.402. The topological polar surface area (TPSA) is 43.1 Å². The Balaban J connectivity index is 2.83. The maximum atomic E-state index is 12.8. The highest BCUT2D eigenvalue weighted by Crippen LogP contribution is 2.18. The Kier molecular flexibility index (Phi) is 4.41. The van der Waals surface area contributed by atoms with Crippen LogP contribution in [0.25, 0.3) is 0 Å². The number of nitrogen functional groups attached to an aromatic ring is 1. The fourth-order valence-corrected chi connectivity index (χ4v) is 3.04. The number of halogens is 1. The third kappa shape index (κ3) is 2.99. The van der Waals surface area contributed by atoms with E-state index in [9.17, 15) is 8.60 Å². The monoisotopic (exact) mass is 233 g/mol. The first-order chi connectivity index (χ1) is 6.65. The molecule has 0 aliphatic carbocycles. The molecule has 0 bridgehead atoms. The summed E-state index contributed by atoms with van der Waals surface area (Å²) in [7, 11) is -1.19. The van der Waals surface area contributed by atoms with Crippen LogP contribution < -0.4 is 5.73 Å². The van der Waals surface area contributed by atoms with Crippen LogP contribution in [-0.4, -0.2) is 22.0 Å². The van der Waals surface area contributed by atoms with Gasteiger partial charge >= 0.3 is 0 Å². The molecule has 0 saturated carbocycles. The lowest BCUT2D eigenvalue weighted by Gasteiger charge is -2.04. The molecule has 1 unspecified atom stereocenters. The smallest absolute Gasteiger partial charge is 0.124 e. The third-order valence-corrected chi connectivity index (χ3v) is 3.98. The van der Waals surface area contributed by atoms with Gasteiger partial charge < -0.3 is 5.73 Å². The van der Waals surface area contributed by atoms with Gasteiger partial charge in [0.25, 0.3) is 0 Å². The van der Waals surface area contributed by atoms with Crippen molar-refractivity contribution in [3.8, 4) is 0 Å². The molecule has 1 rings (SSSR count). The molecule has 0 spiro atoms. The van der Waals surface area contributed by atoms with E-state index < -0.39 is 16.6 Å².